The number of hydrogen-bond acceptors (Lipinski definition) is 6. The number of pyridine rings is 1. The molecule has 1 fully saturated rings. The number of nitrogens with one attached hydrogen (secondary N) is 1. The molecule has 6 rings (SSSR count). The van der Waals surface area contributed by atoms with Crippen molar-refractivity contribution in [2.75, 3.05) is 12.0 Å². The molecule has 9 heteroatoms. The van der Waals surface area contributed by atoms with Crippen molar-refractivity contribution in [1.29, 1.82) is 0 Å². The van der Waals surface area contributed by atoms with Gasteiger partial charge in [0.05, 0.1) is 13.2 Å². The normalized spacial score (nSPS) is 19.1. The number of halogens is 1. The van der Waals surface area contributed by atoms with Gasteiger partial charge in [0.25, 0.3) is 5.56 Å². The number of aromatic amines is 1. The molecule has 0 bridgehead atoms. The number of nitrogens with zero attached hydrogens (tertiary/aromatic N) is 5. The van der Waals surface area contributed by atoms with Crippen LogP contribution in [0.3, 0.4) is 0 Å². The highest BCUT2D eigenvalue weighted by Crippen LogP contribution is 2.41. The molecule has 0 saturated heterocycles. The van der Waals surface area contributed by atoms with Crippen LogP contribution in [0.1, 0.15) is 74.5 Å². The third kappa shape index (κ3) is 4.26. The fraction of sp³-hybridized carbons (Fsp3) is 0.429. The molecule has 0 unspecified atom stereocenters. The topological polar surface area (TPSA) is 88.9 Å². The monoisotopic (exact) mass is 502 g/mol. The van der Waals surface area contributed by atoms with Crippen molar-refractivity contribution in [1.82, 2.24) is 25.2 Å². The van der Waals surface area contributed by atoms with Gasteiger partial charge in [-0.25, -0.2) is 9.07 Å². The molecule has 2 aromatic carbocycles. The first-order valence-corrected chi connectivity index (χ1v) is 13.1. The Hall–Kier alpha value is -3.75. The van der Waals surface area contributed by atoms with Gasteiger partial charge in [-0.15, -0.1) is 5.10 Å². The zero-order chi connectivity index (χ0) is 25.5. The molecule has 2 atom stereocenters. The molecular formula is C28H31FN6O2. The summed E-state index contributed by atoms with van der Waals surface area (Å²) in [4.78, 5) is 18.9. The molecule has 192 valence electrons. The number of H-pyrrole nitrogens is 1. The maximum Gasteiger partial charge on any atom is 0.254 e. The van der Waals surface area contributed by atoms with Crippen LogP contribution in [-0.2, 0) is 6.42 Å². The quantitative estimate of drug-likeness (QED) is 0.409. The molecule has 0 radical (unpaired) electrons. The van der Waals surface area contributed by atoms with Crippen molar-refractivity contribution >= 4 is 16.6 Å². The number of rotatable bonds is 5. The molecule has 4 aromatic rings. The first-order chi connectivity index (χ1) is 18.0. The smallest absolute Gasteiger partial charge is 0.254 e. The van der Waals surface area contributed by atoms with Crippen molar-refractivity contribution in [2.24, 2.45) is 0 Å². The first-order valence-electron chi connectivity index (χ1n) is 13.1. The van der Waals surface area contributed by atoms with E-state index in [0.29, 0.717) is 17.1 Å². The highest BCUT2D eigenvalue weighted by Gasteiger charge is 2.37. The zero-order valence-corrected chi connectivity index (χ0v) is 21.2. The lowest BCUT2D eigenvalue weighted by atomic mass is 9.91. The van der Waals surface area contributed by atoms with Gasteiger partial charge >= 0.3 is 0 Å². The summed E-state index contributed by atoms with van der Waals surface area (Å²) in [6.45, 7) is 2.15. The average molecular weight is 503 g/mol. The molecule has 1 aliphatic carbocycles. The molecular weight excluding hydrogens is 471 g/mol. The van der Waals surface area contributed by atoms with E-state index >= 15 is 0 Å². The molecule has 0 spiro atoms. The fourth-order valence-corrected chi connectivity index (χ4v) is 6.05. The van der Waals surface area contributed by atoms with E-state index in [4.69, 9.17) is 4.74 Å². The summed E-state index contributed by atoms with van der Waals surface area (Å²) in [7, 11) is 1.63. The van der Waals surface area contributed by atoms with Gasteiger partial charge in [0.2, 0.25) is 0 Å². The minimum absolute atomic E-state index is 0.0832. The highest BCUT2D eigenvalue weighted by molar-refractivity contribution is 5.81. The van der Waals surface area contributed by atoms with E-state index in [-0.39, 0.29) is 23.5 Å². The molecule has 0 amide bonds. The summed E-state index contributed by atoms with van der Waals surface area (Å²) in [6.07, 6.45) is 7.10. The number of fused-ring (bicyclic) bond motifs is 2. The molecule has 8 nitrogen and oxygen atoms in total. The van der Waals surface area contributed by atoms with Crippen LogP contribution in [0.5, 0.6) is 5.75 Å². The van der Waals surface area contributed by atoms with Crippen LogP contribution >= 0.6 is 0 Å². The number of methoxy groups -OCH3 is 1. The Labute approximate surface area is 214 Å². The summed E-state index contributed by atoms with van der Waals surface area (Å²) >= 11 is 0. The lowest BCUT2D eigenvalue weighted by molar-refractivity contribution is 0.311. The molecule has 2 aliphatic rings. The van der Waals surface area contributed by atoms with Gasteiger partial charge in [-0.05, 0) is 91.1 Å². The van der Waals surface area contributed by atoms with E-state index in [1.807, 2.05) is 35.0 Å². The van der Waals surface area contributed by atoms with Gasteiger partial charge in [-0.2, -0.15) is 0 Å². The minimum atomic E-state index is -0.546. The number of anilines is 1. The number of aromatic nitrogens is 5. The lowest BCUT2D eigenvalue weighted by Gasteiger charge is -2.42. The Bertz CT molecular complexity index is 1490. The second kappa shape index (κ2) is 9.61. The standard InChI is InChI=1S/C28H31FN6O2/c1-17-8-9-18-14-20(29)10-13-25(18)34(17)26(27-31-32-33-35(27)21-6-4-3-5-7-21)23-16-19-15-22(37-2)11-12-24(19)30-28(23)36/h10-17,21,26H,3-9H2,1-2H3,(H,30,36)/t17-,26-/m1/s1. The van der Waals surface area contributed by atoms with Crippen LogP contribution in [0.25, 0.3) is 10.9 Å². The Morgan fingerprint density at radius 2 is 1.92 bits per heavy atom. The molecule has 3 heterocycles. The number of benzene rings is 2. The summed E-state index contributed by atoms with van der Waals surface area (Å²) in [6, 6.07) is 12.2. The third-order valence-electron chi connectivity index (χ3n) is 7.96. The predicted octanol–water partition coefficient (Wildman–Crippen LogP) is 5.10. The minimum Gasteiger partial charge on any atom is -0.497 e. The van der Waals surface area contributed by atoms with Gasteiger partial charge in [0.1, 0.15) is 17.6 Å². The lowest BCUT2D eigenvalue weighted by Crippen LogP contribution is -2.44. The predicted molar refractivity (Wildman–Crippen MR) is 140 cm³/mol. The third-order valence-corrected chi connectivity index (χ3v) is 7.96. The molecule has 2 aromatic heterocycles. The van der Waals surface area contributed by atoms with E-state index in [0.717, 1.165) is 60.7 Å². The van der Waals surface area contributed by atoms with E-state index in [2.05, 4.69) is 32.3 Å². The van der Waals surface area contributed by atoms with Gasteiger partial charge < -0.3 is 14.6 Å². The molecule has 1 N–H and O–H groups in total. The van der Waals surface area contributed by atoms with Gasteiger partial charge in [-0.3, -0.25) is 4.79 Å². The van der Waals surface area contributed by atoms with Crippen LogP contribution in [0.15, 0.2) is 47.3 Å². The van der Waals surface area contributed by atoms with Crippen LogP contribution in [0.4, 0.5) is 10.1 Å². The van der Waals surface area contributed by atoms with Crippen LogP contribution in [0.2, 0.25) is 0 Å². The molecule has 1 saturated carbocycles. The maximum atomic E-state index is 14.2. The number of ether oxygens (including phenoxy) is 1. The van der Waals surface area contributed by atoms with Crippen molar-refractivity contribution in [3.05, 3.63) is 75.6 Å². The second-order valence-electron chi connectivity index (χ2n) is 10.3. The largest absolute Gasteiger partial charge is 0.497 e. The molecule has 1 aliphatic heterocycles. The van der Waals surface area contributed by atoms with Gasteiger partial charge in [0, 0.05) is 28.2 Å². The Morgan fingerprint density at radius 3 is 2.73 bits per heavy atom. The zero-order valence-electron chi connectivity index (χ0n) is 21.2. The highest BCUT2D eigenvalue weighted by atomic mass is 19.1. The molecule has 37 heavy (non-hydrogen) atoms. The Balaban J connectivity index is 1.58. The van der Waals surface area contributed by atoms with Crippen LogP contribution < -0.4 is 15.2 Å². The van der Waals surface area contributed by atoms with E-state index in [9.17, 15) is 9.18 Å². The number of hydrogen-bond donors (Lipinski definition) is 1. The number of aryl methyl sites for hydroxylation is 1. The SMILES string of the molecule is COc1ccc2[nH]c(=O)c([C@H](c3nnnn3C3CCCCC3)N3c4ccc(F)cc4CC[C@H]3C)cc2c1. The van der Waals surface area contributed by atoms with Gasteiger partial charge in [0.15, 0.2) is 5.82 Å². The average Bonchev–Trinajstić information content (AvgIpc) is 3.40. The van der Waals surface area contributed by atoms with Crippen molar-refractivity contribution < 1.29 is 9.13 Å². The Kier molecular flexibility index (Phi) is 6.14. The first kappa shape index (κ1) is 23.6. The van der Waals surface area contributed by atoms with E-state index in [1.165, 1.54) is 12.5 Å². The van der Waals surface area contributed by atoms with E-state index in [1.54, 1.807) is 13.2 Å². The van der Waals surface area contributed by atoms with Gasteiger partial charge in [-0.1, -0.05) is 19.3 Å². The number of tetrazole rings is 1. The Morgan fingerprint density at radius 1 is 1.08 bits per heavy atom. The fourth-order valence-electron chi connectivity index (χ4n) is 6.05. The maximum absolute atomic E-state index is 14.2. The summed E-state index contributed by atoms with van der Waals surface area (Å²) in [5.41, 5.74) is 2.93. The summed E-state index contributed by atoms with van der Waals surface area (Å²) in [5.74, 6) is 1.09. The summed E-state index contributed by atoms with van der Waals surface area (Å²) < 4.78 is 21.6. The van der Waals surface area contributed by atoms with Crippen molar-refractivity contribution in [3.8, 4) is 5.75 Å². The summed E-state index contributed by atoms with van der Waals surface area (Å²) in [5, 5.41) is 13.9. The van der Waals surface area contributed by atoms with Crippen molar-refractivity contribution in [3.63, 3.8) is 0 Å². The van der Waals surface area contributed by atoms with E-state index < -0.39 is 6.04 Å². The van der Waals surface area contributed by atoms with Crippen LogP contribution in [-0.4, -0.2) is 38.3 Å². The van der Waals surface area contributed by atoms with Crippen LogP contribution in [0, 0.1) is 5.82 Å². The second-order valence-corrected chi connectivity index (χ2v) is 10.3. The van der Waals surface area contributed by atoms with Crippen molar-refractivity contribution in [2.45, 2.75) is 70.0 Å².